The number of carboxylic acid groups (broad SMARTS) is 1. The van der Waals surface area contributed by atoms with E-state index in [4.69, 9.17) is 4.74 Å². The molecule has 2 N–H and O–H groups in total. The van der Waals surface area contributed by atoms with E-state index in [1.54, 1.807) is 25.2 Å². The molecule has 29 heavy (non-hydrogen) atoms. The highest BCUT2D eigenvalue weighted by Gasteiger charge is 2.24. The highest BCUT2D eigenvalue weighted by atomic mass is 32.1. The van der Waals surface area contributed by atoms with Crippen molar-refractivity contribution in [2.45, 2.75) is 39.8 Å². The van der Waals surface area contributed by atoms with Crippen LogP contribution in [0.3, 0.4) is 0 Å². The molecule has 3 rings (SSSR count). The molecule has 0 saturated heterocycles. The molecule has 0 bridgehead atoms. The van der Waals surface area contributed by atoms with Gasteiger partial charge in [0.25, 0.3) is 5.91 Å². The molecule has 0 radical (unpaired) electrons. The van der Waals surface area contributed by atoms with Crippen LogP contribution in [0.2, 0.25) is 0 Å². The molecule has 0 unspecified atom stereocenters. The van der Waals surface area contributed by atoms with E-state index in [0.29, 0.717) is 5.75 Å². The standard InChI is InChI=1S/C22H26N2O4S/c1-4-16-10-17-18(28-12-19(25)23-20(14(2)3)22(26)27)13-29-21(17)24(16)11-15-8-6-5-7-9-15/h5-10,13-14,20H,4,11-12H2,1-3H3,(H,23,25)(H,26,27)/t20-/m0/s1. The van der Waals surface area contributed by atoms with Gasteiger partial charge in [0.2, 0.25) is 0 Å². The molecule has 0 aliphatic carbocycles. The number of hydrogen-bond acceptors (Lipinski definition) is 4. The molecule has 0 aliphatic rings. The molecule has 1 amide bonds. The van der Waals surface area contributed by atoms with Gasteiger partial charge in [0.05, 0.1) is 5.39 Å². The molecule has 2 aromatic heterocycles. The summed E-state index contributed by atoms with van der Waals surface area (Å²) in [5.41, 5.74) is 2.43. The van der Waals surface area contributed by atoms with Crippen LogP contribution in [0.4, 0.5) is 0 Å². The zero-order valence-electron chi connectivity index (χ0n) is 16.8. The van der Waals surface area contributed by atoms with Gasteiger partial charge in [-0.1, -0.05) is 51.1 Å². The lowest BCUT2D eigenvalue weighted by Gasteiger charge is -2.17. The molecular formula is C22H26N2O4S. The molecule has 6 nitrogen and oxygen atoms in total. The second kappa shape index (κ2) is 9.13. The number of rotatable bonds is 9. The fourth-order valence-corrected chi connectivity index (χ4v) is 4.28. The van der Waals surface area contributed by atoms with Crippen LogP contribution in [-0.2, 0) is 22.6 Å². The van der Waals surface area contributed by atoms with E-state index < -0.39 is 17.9 Å². The summed E-state index contributed by atoms with van der Waals surface area (Å²) in [5, 5.41) is 14.6. The highest BCUT2D eigenvalue weighted by molar-refractivity contribution is 7.17. The van der Waals surface area contributed by atoms with Crippen LogP contribution in [0.5, 0.6) is 5.75 Å². The first-order valence-electron chi connectivity index (χ1n) is 9.69. The predicted octanol–water partition coefficient (Wildman–Crippen LogP) is 3.92. The molecule has 3 aromatic rings. The Morgan fingerprint density at radius 3 is 2.59 bits per heavy atom. The van der Waals surface area contributed by atoms with Crippen molar-refractivity contribution in [3.8, 4) is 5.75 Å². The third-order valence-electron chi connectivity index (χ3n) is 4.83. The molecule has 0 fully saturated rings. The minimum absolute atomic E-state index is 0.205. The highest BCUT2D eigenvalue weighted by Crippen LogP contribution is 2.35. The summed E-state index contributed by atoms with van der Waals surface area (Å²) in [5.74, 6) is -1.04. The first-order valence-corrected chi connectivity index (χ1v) is 10.6. The first kappa shape index (κ1) is 20.9. The van der Waals surface area contributed by atoms with Crippen LogP contribution >= 0.6 is 11.3 Å². The van der Waals surface area contributed by atoms with Crippen molar-refractivity contribution in [1.29, 1.82) is 0 Å². The topological polar surface area (TPSA) is 80.6 Å². The maximum absolute atomic E-state index is 12.2. The molecular weight excluding hydrogens is 388 g/mol. The molecule has 1 atom stereocenters. The lowest BCUT2D eigenvalue weighted by Crippen LogP contribution is -2.46. The van der Waals surface area contributed by atoms with Gasteiger partial charge in [-0.05, 0) is 24.0 Å². The molecule has 2 heterocycles. The van der Waals surface area contributed by atoms with Gasteiger partial charge in [0.15, 0.2) is 6.61 Å². The van der Waals surface area contributed by atoms with Gasteiger partial charge in [-0.15, -0.1) is 11.3 Å². The Balaban J connectivity index is 1.74. The fraction of sp³-hybridized carbons (Fsp3) is 0.364. The Morgan fingerprint density at radius 1 is 1.24 bits per heavy atom. The maximum atomic E-state index is 12.2. The smallest absolute Gasteiger partial charge is 0.326 e. The lowest BCUT2D eigenvalue weighted by atomic mass is 10.1. The Hall–Kier alpha value is -2.80. The Bertz CT molecular complexity index is 991. The van der Waals surface area contributed by atoms with E-state index in [1.165, 1.54) is 11.3 Å². The zero-order chi connectivity index (χ0) is 21.0. The van der Waals surface area contributed by atoms with Crippen LogP contribution in [0, 0.1) is 5.92 Å². The van der Waals surface area contributed by atoms with E-state index in [1.807, 2.05) is 23.6 Å². The normalized spacial score (nSPS) is 12.3. The number of benzene rings is 1. The number of nitrogens with one attached hydrogen (secondary N) is 1. The van der Waals surface area contributed by atoms with Gasteiger partial charge >= 0.3 is 5.97 Å². The summed E-state index contributed by atoms with van der Waals surface area (Å²) < 4.78 is 8.02. The van der Waals surface area contributed by atoms with Gasteiger partial charge in [-0.3, -0.25) is 4.79 Å². The minimum atomic E-state index is -1.04. The van der Waals surface area contributed by atoms with E-state index in [-0.39, 0.29) is 12.5 Å². The molecule has 7 heteroatoms. The van der Waals surface area contributed by atoms with Gasteiger partial charge in [-0.2, -0.15) is 0 Å². The number of aromatic nitrogens is 1. The fourth-order valence-electron chi connectivity index (χ4n) is 3.27. The summed E-state index contributed by atoms with van der Waals surface area (Å²) in [4.78, 5) is 24.5. The van der Waals surface area contributed by atoms with Crippen LogP contribution < -0.4 is 10.1 Å². The van der Waals surface area contributed by atoms with E-state index >= 15 is 0 Å². The number of aliphatic carboxylic acids is 1. The lowest BCUT2D eigenvalue weighted by molar-refractivity contribution is -0.143. The second-order valence-corrected chi connectivity index (χ2v) is 8.15. The summed E-state index contributed by atoms with van der Waals surface area (Å²) in [7, 11) is 0. The average Bonchev–Trinajstić information content (AvgIpc) is 3.24. The summed E-state index contributed by atoms with van der Waals surface area (Å²) in [6.07, 6.45) is 0.892. The minimum Gasteiger partial charge on any atom is -0.482 e. The van der Waals surface area contributed by atoms with Crippen molar-refractivity contribution < 1.29 is 19.4 Å². The number of fused-ring (bicyclic) bond motifs is 1. The monoisotopic (exact) mass is 414 g/mol. The van der Waals surface area contributed by atoms with Crippen molar-refractivity contribution in [3.05, 3.63) is 53.0 Å². The van der Waals surface area contributed by atoms with Gasteiger partial charge in [0, 0.05) is 17.6 Å². The zero-order valence-corrected chi connectivity index (χ0v) is 17.7. The molecule has 0 spiro atoms. The van der Waals surface area contributed by atoms with Crippen molar-refractivity contribution in [2.24, 2.45) is 5.92 Å². The number of carbonyl (C=O) groups is 2. The molecule has 0 saturated carbocycles. The Morgan fingerprint density at radius 2 is 1.97 bits per heavy atom. The number of amides is 1. The van der Waals surface area contributed by atoms with Crippen molar-refractivity contribution >= 4 is 33.4 Å². The number of thiophene rings is 1. The number of hydrogen-bond donors (Lipinski definition) is 2. The average molecular weight is 415 g/mol. The third kappa shape index (κ3) is 4.79. The van der Waals surface area contributed by atoms with Gasteiger partial charge in [0.1, 0.15) is 16.6 Å². The molecule has 154 valence electrons. The SMILES string of the molecule is CCc1cc2c(OCC(=O)N[C@H](C(=O)O)C(C)C)csc2n1Cc1ccccc1. The number of aryl methyl sites for hydroxylation is 1. The van der Waals surface area contributed by atoms with Gasteiger partial charge in [-0.25, -0.2) is 4.79 Å². The number of carboxylic acids is 1. The summed E-state index contributed by atoms with van der Waals surface area (Å²) in [6.45, 7) is 6.19. The Labute approximate surface area is 174 Å². The largest absolute Gasteiger partial charge is 0.482 e. The molecule has 1 aromatic carbocycles. The second-order valence-electron chi connectivity index (χ2n) is 7.30. The Kier molecular flexibility index (Phi) is 6.59. The van der Waals surface area contributed by atoms with Crippen molar-refractivity contribution in [1.82, 2.24) is 9.88 Å². The molecule has 0 aliphatic heterocycles. The van der Waals surface area contributed by atoms with E-state index in [0.717, 1.165) is 23.2 Å². The summed E-state index contributed by atoms with van der Waals surface area (Å²) in [6, 6.07) is 11.5. The van der Waals surface area contributed by atoms with Crippen LogP contribution in [0.1, 0.15) is 32.0 Å². The third-order valence-corrected chi connectivity index (χ3v) is 5.83. The quantitative estimate of drug-likeness (QED) is 0.556. The predicted molar refractivity (Wildman–Crippen MR) is 115 cm³/mol. The first-order chi connectivity index (χ1) is 13.9. The van der Waals surface area contributed by atoms with Crippen molar-refractivity contribution in [2.75, 3.05) is 6.61 Å². The van der Waals surface area contributed by atoms with Gasteiger partial charge < -0.3 is 19.7 Å². The van der Waals surface area contributed by atoms with Crippen LogP contribution in [0.25, 0.3) is 10.2 Å². The van der Waals surface area contributed by atoms with Crippen LogP contribution in [0.15, 0.2) is 41.8 Å². The summed E-state index contributed by atoms with van der Waals surface area (Å²) >= 11 is 1.58. The van der Waals surface area contributed by atoms with Crippen LogP contribution in [-0.4, -0.2) is 34.2 Å². The van der Waals surface area contributed by atoms with Crippen molar-refractivity contribution in [3.63, 3.8) is 0 Å². The number of nitrogens with zero attached hydrogens (tertiary/aromatic N) is 1. The van der Waals surface area contributed by atoms with E-state index in [9.17, 15) is 14.7 Å². The number of carbonyl (C=O) groups excluding carboxylic acids is 1. The van der Waals surface area contributed by atoms with E-state index in [2.05, 4.69) is 35.0 Å². The number of ether oxygens (including phenoxy) is 1. The maximum Gasteiger partial charge on any atom is 0.326 e.